The summed E-state index contributed by atoms with van der Waals surface area (Å²) in [5.41, 5.74) is -0.320. The van der Waals surface area contributed by atoms with Gasteiger partial charge >= 0.3 is 6.18 Å². The SMILES string of the molecule is OCC1(Nc2cccc(F)c2)CCC(C(F)(F)F)CC1. The molecule has 0 spiro atoms. The van der Waals surface area contributed by atoms with Crippen molar-refractivity contribution in [3.05, 3.63) is 30.1 Å². The summed E-state index contributed by atoms with van der Waals surface area (Å²) in [5, 5.41) is 12.5. The molecule has 0 radical (unpaired) electrons. The highest BCUT2D eigenvalue weighted by molar-refractivity contribution is 5.46. The predicted octanol–water partition coefficient (Wildman–Crippen LogP) is 3.72. The van der Waals surface area contributed by atoms with Crippen LogP contribution < -0.4 is 5.32 Å². The molecule has 2 N–H and O–H groups in total. The first-order valence-corrected chi connectivity index (χ1v) is 6.56. The Hall–Kier alpha value is -1.30. The molecule has 20 heavy (non-hydrogen) atoms. The van der Waals surface area contributed by atoms with E-state index in [4.69, 9.17) is 0 Å². The Labute approximate surface area is 114 Å². The summed E-state index contributed by atoms with van der Waals surface area (Å²) in [6, 6.07) is 5.71. The van der Waals surface area contributed by atoms with Crippen LogP contribution >= 0.6 is 0 Å². The Bertz CT molecular complexity index is 453. The van der Waals surface area contributed by atoms with Gasteiger partial charge < -0.3 is 10.4 Å². The number of aliphatic hydroxyl groups is 1. The van der Waals surface area contributed by atoms with Crippen molar-refractivity contribution in [2.24, 2.45) is 5.92 Å². The number of hydrogen-bond donors (Lipinski definition) is 2. The Morgan fingerprint density at radius 1 is 1.25 bits per heavy atom. The zero-order valence-electron chi connectivity index (χ0n) is 10.9. The molecule has 6 heteroatoms. The van der Waals surface area contributed by atoms with E-state index in [1.54, 1.807) is 6.07 Å². The number of alkyl halides is 3. The molecule has 112 valence electrons. The van der Waals surface area contributed by atoms with E-state index in [1.807, 2.05) is 0 Å². The van der Waals surface area contributed by atoms with Crippen LogP contribution in [0.3, 0.4) is 0 Å². The van der Waals surface area contributed by atoms with Crippen molar-refractivity contribution in [1.82, 2.24) is 0 Å². The first kappa shape index (κ1) is 15.1. The molecular weight excluding hydrogens is 274 g/mol. The normalized spacial score (nSPS) is 27.4. The summed E-state index contributed by atoms with van der Waals surface area (Å²) < 4.78 is 51.1. The molecule has 0 saturated heterocycles. The third-order valence-corrected chi connectivity index (χ3v) is 3.94. The highest BCUT2D eigenvalue weighted by atomic mass is 19.4. The van der Waals surface area contributed by atoms with Gasteiger partial charge in [0.05, 0.1) is 18.1 Å². The van der Waals surface area contributed by atoms with Crippen LogP contribution in [-0.2, 0) is 0 Å². The van der Waals surface area contributed by atoms with Crippen molar-refractivity contribution < 1.29 is 22.7 Å². The second-order valence-corrected chi connectivity index (χ2v) is 5.39. The fraction of sp³-hybridized carbons (Fsp3) is 0.571. The highest BCUT2D eigenvalue weighted by Crippen LogP contribution is 2.42. The smallest absolute Gasteiger partial charge is 0.391 e. The molecule has 1 aliphatic rings. The van der Waals surface area contributed by atoms with Gasteiger partial charge in [0.25, 0.3) is 0 Å². The van der Waals surface area contributed by atoms with Gasteiger partial charge in [0.15, 0.2) is 0 Å². The fourth-order valence-electron chi connectivity index (χ4n) is 2.69. The number of rotatable bonds is 3. The molecule has 0 atom stereocenters. The molecule has 1 fully saturated rings. The summed E-state index contributed by atoms with van der Waals surface area (Å²) in [7, 11) is 0. The maximum Gasteiger partial charge on any atom is 0.391 e. The van der Waals surface area contributed by atoms with Gasteiger partial charge in [-0.05, 0) is 43.9 Å². The van der Waals surface area contributed by atoms with Crippen LogP contribution in [0.4, 0.5) is 23.2 Å². The molecule has 0 amide bonds. The lowest BCUT2D eigenvalue weighted by molar-refractivity contribution is -0.184. The molecule has 2 rings (SSSR count). The number of nitrogens with one attached hydrogen (secondary N) is 1. The summed E-state index contributed by atoms with van der Waals surface area (Å²) in [6.45, 7) is -0.270. The maximum atomic E-state index is 13.1. The summed E-state index contributed by atoms with van der Waals surface area (Å²) >= 11 is 0. The van der Waals surface area contributed by atoms with Gasteiger partial charge in [0.2, 0.25) is 0 Å². The van der Waals surface area contributed by atoms with E-state index in [1.165, 1.54) is 18.2 Å². The number of anilines is 1. The van der Waals surface area contributed by atoms with E-state index in [0.717, 1.165) is 0 Å². The lowest BCUT2D eigenvalue weighted by Gasteiger charge is -2.40. The van der Waals surface area contributed by atoms with Crippen molar-refractivity contribution in [3.8, 4) is 0 Å². The minimum Gasteiger partial charge on any atom is -0.394 e. The van der Waals surface area contributed by atoms with Gasteiger partial charge in [0.1, 0.15) is 5.82 Å². The van der Waals surface area contributed by atoms with Crippen LogP contribution in [-0.4, -0.2) is 23.4 Å². The van der Waals surface area contributed by atoms with Gasteiger partial charge in [-0.15, -0.1) is 0 Å². The minimum atomic E-state index is -4.18. The average Bonchev–Trinajstić information content (AvgIpc) is 2.38. The number of aliphatic hydroxyl groups excluding tert-OH is 1. The van der Waals surface area contributed by atoms with E-state index >= 15 is 0 Å². The first-order chi connectivity index (χ1) is 9.35. The van der Waals surface area contributed by atoms with Gasteiger partial charge in [-0.25, -0.2) is 4.39 Å². The van der Waals surface area contributed by atoms with Crippen molar-refractivity contribution in [2.75, 3.05) is 11.9 Å². The first-order valence-electron chi connectivity index (χ1n) is 6.56. The molecule has 0 heterocycles. The van der Waals surface area contributed by atoms with Gasteiger partial charge in [0, 0.05) is 5.69 Å². The van der Waals surface area contributed by atoms with E-state index in [0.29, 0.717) is 5.69 Å². The molecule has 2 nitrogen and oxygen atoms in total. The Morgan fingerprint density at radius 3 is 2.40 bits per heavy atom. The van der Waals surface area contributed by atoms with Crippen molar-refractivity contribution in [2.45, 2.75) is 37.4 Å². The van der Waals surface area contributed by atoms with Crippen LogP contribution in [0.5, 0.6) is 0 Å². The van der Waals surface area contributed by atoms with Crippen LogP contribution in [0, 0.1) is 11.7 Å². The summed E-state index contributed by atoms with van der Waals surface area (Å²) in [6.07, 6.45) is -3.80. The molecule has 0 unspecified atom stereocenters. The average molecular weight is 291 g/mol. The predicted molar refractivity (Wildman–Crippen MR) is 67.9 cm³/mol. The lowest BCUT2D eigenvalue weighted by atomic mass is 9.76. The third kappa shape index (κ3) is 3.42. The van der Waals surface area contributed by atoms with Crippen molar-refractivity contribution in [3.63, 3.8) is 0 Å². The molecule has 1 aromatic carbocycles. The quantitative estimate of drug-likeness (QED) is 0.832. The van der Waals surface area contributed by atoms with Crippen LogP contribution in [0.2, 0.25) is 0 Å². The molecule has 0 bridgehead atoms. The fourth-order valence-corrected chi connectivity index (χ4v) is 2.69. The standard InChI is InChI=1S/C14H17F4NO/c15-11-2-1-3-12(8-11)19-13(9-20)6-4-10(5-7-13)14(16,17)18/h1-3,8,10,19-20H,4-7,9H2. The molecule has 1 aromatic rings. The third-order valence-electron chi connectivity index (χ3n) is 3.94. The largest absolute Gasteiger partial charge is 0.394 e. The van der Waals surface area contributed by atoms with E-state index in [9.17, 15) is 22.7 Å². The zero-order valence-corrected chi connectivity index (χ0v) is 10.9. The van der Waals surface area contributed by atoms with Crippen LogP contribution in [0.1, 0.15) is 25.7 Å². The molecule has 0 aliphatic heterocycles. The van der Waals surface area contributed by atoms with Crippen molar-refractivity contribution in [1.29, 1.82) is 0 Å². The number of benzene rings is 1. The molecule has 0 aromatic heterocycles. The maximum absolute atomic E-state index is 13.1. The minimum absolute atomic E-state index is 0.0215. The highest BCUT2D eigenvalue weighted by Gasteiger charge is 2.45. The number of halogens is 4. The van der Waals surface area contributed by atoms with E-state index in [2.05, 4.69) is 5.32 Å². The zero-order chi connectivity index (χ0) is 14.8. The Morgan fingerprint density at radius 2 is 1.90 bits per heavy atom. The molecular formula is C14H17F4NO. The molecule has 1 saturated carbocycles. The van der Waals surface area contributed by atoms with Gasteiger partial charge in [-0.1, -0.05) is 6.07 Å². The van der Waals surface area contributed by atoms with Crippen molar-refractivity contribution >= 4 is 5.69 Å². The molecule has 1 aliphatic carbocycles. The van der Waals surface area contributed by atoms with Gasteiger partial charge in [-0.2, -0.15) is 13.2 Å². The monoisotopic (exact) mass is 291 g/mol. The van der Waals surface area contributed by atoms with Gasteiger partial charge in [-0.3, -0.25) is 0 Å². The Kier molecular flexibility index (Phi) is 4.22. The van der Waals surface area contributed by atoms with Crippen LogP contribution in [0.25, 0.3) is 0 Å². The summed E-state index contributed by atoms with van der Waals surface area (Å²) in [5.74, 6) is -1.73. The topological polar surface area (TPSA) is 32.3 Å². The number of hydrogen-bond acceptors (Lipinski definition) is 2. The second-order valence-electron chi connectivity index (χ2n) is 5.39. The van der Waals surface area contributed by atoms with E-state index < -0.39 is 23.5 Å². The second kappa shape index (κ2) is 5.60. The van der Waals surface area contributed by atoms with Crippen LogP contribution in [0.15, 0.2) is 24.3 Å². The Balaban J connectivity index is 2.05. The lowest BCUT2D eigenvalue weighted by Crippen LogP contribution is -2.47. The summed E-state index contributed by atoms with van der Waals surface area (Å²) in [4.78, 5) is 0. The van der Waals surface area contributed by atoms with E-state index in [-0.39, 0.29) is 32.3 Å².